The third-order valence-electron chi connectivity index (χ3n) is 3.27. The van der Waals surface area contributed by atoms with Gasteiger partial charge in [-0.05, 0) is 37.3 Å². The average molecular weight is 368 g/mol. The SMILES string of the molecule is CCOc1nn(-c2ccccc2)c(-c2ccc(Cl)cc2Cl)c1Cl. The first-order valence-corrected chi connectivity index (χ1v) is 8.17. The lowest BCUT2D eigenvalue weighted by Crippen LogP contribution is -2.00. The molecule has 0 amide bonds. The normalized spacial score (nSPS) is 10.8. The second kappa shape index (κ2) is 6.83. The molecule has 1 aromatic heterocycles. The van der Waals surface area contributed by atoms with E-state index in [1.54, 1.807) is 16.8 Å². The van der Waals surface area contributed by atoms with Crippen LogP contribution in [0, 0.1) is 0 Å². The summed E-state index contributed by atoms with van der Waals surface area (Å²) in [5.41, 5.74) is 2.27. The van der Waals surface area contributed by atoms with Crippen LogP contribution in [0.1, 0.15) is 6.92 Å². The first kappa shape index (κ1) is 16.2. The smallest absolute Gasteiger partial charge is 0.252 e. The van der Waals surface area contributed by atoms with Gasteiger partial charge in [-0.2, -0.15) is 0 Å². The third kappa shape index (κ3) is 3.18. The van der Waals surface area contributed by atoms with Gasteiger partial charge < -0.3 is 4.74 Å². The molecule has 23 heavy (non-hydrogen) atoms. The van der Waals surface area contributed by atoms with Crippen LogP contribution in [0.15, 0.2) is 48.5 Å². The van der Waals surface area contributed by atoms with Crippen LogP contribution in [0.5, 0.6) is 5.88 Å². The molecule has 6 heteroatoms. The van der Waals surface area contributed by atoms with Gasteiger partial charge in [-0.25, -0.2) is 4.68 Å². The van der Waals surface area contributed by atoms with E-state index in [2.05, 4.69) is 5.10 Å². The Morgan fingerprint density at radius 3 is 2.43 bits per heavy atom. The Balaban J connectivity index is 2.25. The molecule has 0 atom stereocenters. The molecule has 0 aliphatic rings. The summed E-state index contributed by atoms with van der Waals surface area (Å²) in [7, 11) is 0. The maximum Gasteiger partial charge on any atom is 0.252 e. The van der Waals surface area contributed by atoms with Crippen molar-refractivity contribution in [2.24, 2.45) is 0 Å². The Kier molecular flexibility index (Phi) is 4.81. The number of hydrogen-bond acceptors (Lipinski definition) is 2. The molecule has 118 valence electrons. The molecule has 3 nitrogen and oxygen atoms in total. The summed E-state index contributed by atoms with van der Waals surface area (Å²) in [5.74, 6) is 0.374. The quantitative estimate of drug-likeness (QED) is 0.574. The molecule has 2 aromatic carbocycles. The van der Waals surface area contributed by atoms with Crippen molar-refractivity contribution >= 4 is 34.8 Å². The van der Waals surface area contributed by atoms with E-state index in [1.807, 2.05) is 43.3 Å². The van der Waals surface area contributed by atoms with E-state index in [-0.39, 0.29) is 0 Å². The van der Waals surface area contributed by atoms with Crippen LogP contribution in [0.25, 0.3) is 16.9 Å². The zero-order valence-electron chi connectivity index (χ0n) is 12.3. The maximum absolute atomic E-state index is 6.50. The Morgan fingerprint density at radius 2 is 1.78 bits per heavy atom. The van der Waals surface area contributed by atoms with Crippen LogP contribution in [0.3, 0.4) is 0 Å². The molecule has 0 N–H and O–H groups in total. The van der Waals surface area contributed by atoms with Crippen molar-refractivity contribution in [3.05, 3.63) is 63.6 Å². The van der Waals surface area contributed by atoms with Crippen LogP contribution in [0.4, 0.5) is 0 Å². The van der Waals surface area contributed by atoms with Crippen LogP contribution in [0.2, 0.25) is 15.1 Å². The van der Waals surface area contributed by atoms with Gasteiger partial charge in [0, 0.05) is 10.6 Å². The predicted octanol–water partition coefficient (Wildman–Crippen LogP) is 5.90. The summed E-state index contributed by atoms with van der Waals surface area (Å²) in [6.45, 7) is 2.35. The molecule has 0 aliphatic carbocycles. The lowest BCUT2D eigenvalue weighted by atomic mass is 10.1. The topological polar surface area (TPSA) is 27.1 Å². The summed E-state index contributed by atoms with van der Waals surface area (Å²) < 4.78 is 7.26. The Labute approximate surface area is 149 Å². The fraction of sp³-hybridized carbons (Fsp3) is 0.118. The largest absolute Gasteiger partial charge is 0.476 e. The van der Waals surface area contributed by atoms with Crippen LogP contribution < -0.4 is 4.74 Å². The van der Waals surface area contributed by atoms with Gasteiger partial charge in [-0.1, -0.05) is 53.0 Å². The molecule has 0 radical (unpaired) electrons. The highest BCUT2D eigenvalue weighted by molar-refractivity contribution is 6.38. The van der Waals surface area contributed by atoms with E-state index in [0.717, 1.165) is 11.3 Å². The number of hydrogen-bond donors (Lipinski definition) is 0. The molecule has 0 bridgehead atoms. The highest BCUT2D eigenvalue weighted by Gasteiger charge is 2.22. The number of para-hydroxylation sites is 1. The zero-order valence-corrected chi connectivity index (χ0v) is 14.5. The average Bonchev–Trinajstić information content (AvgIpc) is 2.86. The molecule has 0 aliphatic heterocycles. The molecular weight excluding hydrogens is 355 g/mol. The van der Waals surface area contributed by atoms with E-state index in [1.165, 1.54) is 0 Å². The van der Waals surface area contributed by atoms with Gasteiger partial charge in [-0.3, -0.25) is 0 Å². The maximum atomic E-state index is 6.50. The monoisotopic (exact) mass is 366 g/mol. The number of ether oxygens (including phenoxy) is 1. The summed E-state index contributed by atoms with van der Waals surface area (Å²) in [6.07, 6.45) is 0. The molecule has 0 unspecified atom stereocenters. The minimum Gasteiger partial charge on any atom is -0.476 e. The van der Waals surface area contributed by atoms with E-state index in [4.69, 9.17) is 39.5 Å². The van der Waals surface area contributed by atoms with Crippen LogP contribution in [-0.4, -0.2) is 16.4 Å². The fourth-order valence-electron chi connectivity index (χ4n) is 2.28. The lowest BCUT2D eigenvalue weighted by Gasteiger charge is -2.09. The first-order chi connectivity index (χ1) is 11.1. The number of halogens is 3. The predicted molar refractivity (Wildman–Crippen MR) is 95.2 cm³/mol. The zero-order chi connectivity index (χ0) is 16.4. The number of nitrogens with zero attached hydrogens (tertiary/aromatic N) is 2. The molecular formula is C17H13Cl3N2O. The number of benzene rings is 2. The van der Waals surface area contributed by atoms with Crippen molar-refractivity contribution in [1.29, 1.82) is 0 Å². The minimum atomic E-state index is 0.374. The van der Waals surface area contributed by atoms with Crippen LogP contribution >= 0.6 is 34.8 Å². The molecule has 0 saturated carbocycles. The Morgan fingerprint density at radius 1 is 1.04 bits per heavy atom. The molecule has 3 rings (SSSR count). The van der Waals surface area contributed by atoms with Gasteiger partial charge in [0.05, 0.1) is 23.0 Å². The molecule has 3 aromatic rings. The van der Waals surface area contributed by atoms with Crippen molar-refractivity contribution in [3.8, 4) is 22.8 Å². The standard InChI is InChI=1S/C17H13Cl3N2O/c1-2-23-17-15(20)16(13-9-8-11(18)10-14(13)19)22(21-17)12-6-4-3-5-7-12/h3-10H,2H2,1H3. The summed E-state index contributed by atoms with van der Waals surface area (Å²) in [4.78, 5) is 0. The van der Waals surface area contributed by atoms with Gasteiger partial charge in [0.25, 0.3) is 5.88 Å². The first-order valence-electron chi connectivity index (χ1n) is 7.04. The Hall–Kier alpha value is -1.68. The van der Waals surface area contributed by atoms with Crippen molar-refractivity contribution in [3.63, 3.8) is 0 Å². The second-order valence-electron chi connectivity index (χ2n) is 4.77. The molecule has 0 saturated heterocycles. The fourth-order valence-corrected chi connectivity index (χ4v) is 3.05. The van der Waals surface area contributed by atoms with E-state index >= 15 is 0 Å². The van der Waals surface area contributed by atoms with Crippen molar-refractivity contribution in [1.82, 2.24) is 9.78 Å². The summed E-state index contributed by atoms with van der Waals surface area (Å²) in [5, 5.41) is 5.96. The van der Waals surface area contributed by atoms with Crippen molar-refractivity contribution < 1.29 is 4.74 Å². The lowest BCUT2D eigenvalue weighted by molar-refractivity contribution is 0.324. The second-order valence-corrected chi connectivity index (χ2v) is 5.99. The third-order valence-corrected chi connectivity index (χ3v) is 4.15. The van der Waals surface area contributed by atoms with E-state index < -0.39 is 0 Å². The minimum absolute atomic E-state index is 0.374. The number of rotatable bonds is 4. The van der Waals surface area contributed by atoms with Gasteiger partial charge in [0.15, 0.2) is 0 Å². The number of aromatic nitrogens is 2. The van der Waals surface area contributed by atoms with Gasteiger partial charge in [0.1, 0.15) is 5.02 Å². The van der Waals surface area contributed by atoms with Crippen molar-refractivity contribution in [2.45, 2.75) is 6.92 Å². The van der Waals surface area contributed by atoms with Gasteiger partial charge >= 0.3 is 0 Å². The van der Waals surface area contributed by atoms with E-state index in [0.29, 0.717) is 33.2 Å². The van der Waals surface area contributed by atoms with E-state index in [9.17, 15) is 0 Å². The summed E-state index contributed by atoms with van der Waals surface area (Å²) in [6, 6.07) is 14.9. The Bertz CT molecular complexity index is 831. The summed E-state index contributed by atoms with van der Waals surface area (Å²) >= 11 is 18.9. The molecule has 0 spiro atoms. The molecule has 1 heterocycles. The van der Waals surface area contributed by atoms with Gasteiger partial charge in [-0.15, -0.1) is 5.10 Å². The van der Waals surface area contributed by atoms with Crippen molar-refractivity contribution in [2.75, 3.05) is 6.61 Å². The van der Waals surface area contributed by atoms with Crippen LogP contribution in [-0.2, 0) is 0 Å². The highest BCUT2D eigenvalue weighted by atomic mass is 35.5. The molecule has 0 fully saturated rings. The highest BCUT2D eigenvalue weighted by Crippen LogP contribution is 2.40. The van der Waals surface area contributed by atoms with Gasteiger partial charge in [0.2, 0.25) is 0 Å².